The van der Waals surface area contributed by atoms with Gasteiger partial charge in [0.05, 0.1) is 12.8 Å². The average molecular weight is 221 g/mol. The smallest absolute Gasteiger partial charge is 0.287 e. The zero-order valence-electron chi connectivity index (χ0n) is 8.32. The van der Waals surface area contributed by atoms with Crippen LogP contribution >= 0.6 is 11.3 Å². The van der Waals surface area contributed by atoms with E-state index in [0.29, 0.717) is 12.3 Å². The second-order valence-corrected chi connectivity index (χ2v) is 4.23. The number of rotatable bonds is 3. The van der Waals surface area contributed by atoms with E-state index < -0.39 is 0 Å². The second-order valence-electron chi connectivity index (χ2n) is 3.19. The van der Waals surface area contributed by atoms with Crippen LogP contribution in [0.3, 0.4) is 0 Å². The fourth-order valence-electron chi connectivity index (χ4n) is 1.27. The van der Waals surface area contributed by atoms with Gasteiger partial charge in [0.2, 0.25) is 0 Å². The van der Waals surface area contributed by atoms with Crippen molar-refractivity contribution < 1.29 is 9.21 Å². The molecule has 0 aliphatic rings. The molecule has 1 amide bonds. The van der Waals surface area contributed by atoms with Crippen LogP contribution in [0, 0.1) is 6.92 Å². The van der Waals surface area contributed by atoms with Crippen LogP contribution in [0.2, 0.25) is 0 Å². The number of carbonyl (C=O) groups excluding carboxylic acids is 1. The molecule has 2 rings (SSSR count). The predicted octanol–water partition coefficient (Wildman–Crippen LogP) is 2.58. The molecular formula is C11H11NO2S. The highest BCUT2D eigenvalue weighted by Crippen LogP contribution is 2.10. The number of thiophene rings is 1. The van der Waals surface area contributed by atoms with Crippen molar-refractivity contribution in [1.82, 2.24) is 5.32 Å². The van der Waals surface area contributed by atoms with Crippen LogP contribution in [0.15, 0.2) is 34.3 Å². The summed E-state index contributed by atoms with van der Waals surface area (Å²) >= 11 is 1.62. The van der Waals surface area contributed by atoms with Gasteiger partial charge in [-0.2, -0.15) is 0 Å². The summed E-state index contributed by atoms with van der Waals surface area (Å²) < 4.78 is 5.09. The predicted molar refractivity (Wildman–Crippen MR) is 58.9 cm³/mol. The van der Waals surface area contributed by atoms with Gasteiger partial charge in [-0.3, -0.25) is 4.79 Å². The topological polar surface area (TPSA) is 42.2 Å². The van der Waals surface area contributed by atoms with Crippen LogP contribution in [0.1, 0.15) is 21.0 Å². The van der Waals surface area contributed by atoms with Crippen molar-refractivity contribution in [2.45, 2.75) is 13.5 Å². The van der Waals surface area contributed by atoms with Crippen molar-refractivity contribution >= 4 is 17.2 Å². The fourth-order valence-corrected chi connectivity index (χ4v) is 1.91. The van der Waals surface area contributed by atoms with Crippen molar-refractivity contribution in [3.63, 3.8) is 0 Å². The Bertz CT molecular complexity index is 445. The summed E-state index contributed by atoms with van der Waals surface area (Å²) in [5, 5.41) is 4.79. The summed E-state index contributed by atoms with van der Waals surface area (Å²) in [6.07, 6.45) is 1.52. The van der Waals surface area contributed by atoms with E-state index in [1.54, 1.807) is 17.4 Å². The summed E-state index contributed by atoms with van der Waals surface area (Å²) in [4.78, 5) is 12.8. The van der Waals surface area contributed by atoms with Crippen LogP contribution in [-0.4, -0.2) is 5.91 Å². The molecule has 0 spiro atoms. The molecule has 0 atom stereocenters. The minimum absolute atomic E-state index is 0.161. The van der Waals surface area contributed by atoms with Gasteiger partial charge in [0.25, 0.3) is 5.91 Å². The maximum atomic E-state index is 11.6. The lowest BCUT2D eigenvalue weighted by atomic mass is 10.2. The standard InChI is InChI=1S/C11H11NO2S/c1-8-4-5-14-10(8)11(13)12-7-9-3-2-6-15-9/h2-6H,7H2,1H3,(H,12,13). The van der Waals surface area contributed by atoms with E-state index in [4.69, 9.17) is 4.42 Å². The van der Waals surface area contributed by atoms with Gasteiger partial charge in [-0.15, -0.1) is 11.3 Å². The van der Waals surface area contributed by atoms with Gasteiger partial charge < -0.3 is 9.73 Å². The van der Waals surface area contributed by atoms with Crippen molar-refractivity contribution in [3.8, 4) is 0 Å². The van der Waals surface area contributed by atoms with Crippen molar-refractivity contribution in [3.05, 3.63) is 46.0 Å². The monoisotopic (exact) mass is 221 g/mol. The number of amides is 1. The van der Waals surface area contributed by atoms with Gasteiger partial charge in [0.1, 0.15) is 0 Å². The maximum absolute atomic E-state index is 11.6. The molecule has 4 heteroatoms. The van der Waals surface area contributed by atoms with Gasteiger partial charge in [-0.1, -0.05) is 6.07 Å². The van der Waals surface area contributed by atoms with E-state index in [0.717, 1.165) is 10.4 Å². The highest BCUT2D eigenvalue weighted by molar-refractivity contribution is 7.09. The molecule has 0 fully saturated rings. The van der Waals surface area contributed by atoms with Gasteiger partial charge in [-0.25, -0.2) is 0 Å². The average Bonchev–Trinajstić information content (AvgIpc) is 2.84. The molecule has 0 saturated carbocycles. The summed E-state index contributed by atoms with van der Waals surface area (Å²) in [7, 11) is 0. The van der Waals surface area contributed by atoms with Crippen LogP contribution in [0.25, 0.3) is 0 Å². The highest BCUT2D eigenvalue weighted by Gasteiger charge is 2.11. The van der Waals surface area contributed by atoms with Crippen molar-refractivity contribution in [2.75, 3.05) is 0 Å². The Morgan fingerprint density at radius 2 is 2.40 bits per heavy atom. The molecule has 0 unspecified atom stereocenters. The third-order valence-electron chi connectivity index (χ3n) is 2.07. The zero-order valence-corrected chi connectivity index (χ0v) is 9.14. The highest BCUT2D eigenvalue weighted by atomic mass is 32.1. The van der Waals surface area contributed by atoms with Crippen LogP contribution in [-0.2, 0) is 6.54 Å². The van der Waals surface area contributed by atoms with Crippen LogP contribution in [0.5, 0.6) is 0 Å². The van der Waals surface area contributed by atoms with E-state index in [-0.39, 0.29) is 5.91 Å². The number of hydrogen-bond acceptors (Lipinski definition) is 3. The third-order valence-corrected chi connectivity index (χ3v) is 2.95. The maximum Gasteiger partial charge on any atom is 0.287 e. The quantitative estimate of drug-likeness (QED) is 0.865. The zero-order chi connectivity index (χ0) is 10.7. The lowest BCUT2D eigenvalue weighted by molar-refractivity contribution is 0.0922. The molecule has 0 saturated heterocycles. The molecule has 15 heavy (non-hydrogen) atoms. The minimum Gasteiger partial charge on any atom is -0.459 e. The molecule has 2 aromatic rings. The molecular weight excluding hydrogens is 210 g/mol. The number of aryl methyl sites for hydroxylation is 1. The molecule has 78 valence electrons. The normalized spacial score (nSPS) is 10.2. The van der Waals surface area contributed by atoms with Crippen molar-refractivity contribution in [2.24, 2.45) is 0 Å². The van der Waals surface area contributed by atoms with Crippen LogP contribution < -0.4 is 5.32 Å². The fraction of sp³-hybridized carbons (Fsp3) is 0.182. The van der Waals surface area contributed by atoms with Gasteiger partial charge in [0, 0.05) is 10.4 Å². The van der Waals surface area contributed by atoms with E-state index in [2.05, 4.69) is 5.32 Å². The Morgan fingerprint density at radius 1 is 1.53 bits per heavy atom. The first kappa shape index (κ1) is 9.98. The van der Waals surface area contributed by atoms with E-state index in [1.807, 2.05) is 24.4 Å². The Morgan fingerprint density at radius 3 is 3.00 bits per heavy atom. The minimum atomic E-state index is -0.161. The number of carbonyl (C=O) groups is 1. The summed E-state index contributed by atoms with van der Waals surface area (Å²) in [6.45, 7) is 2.40. The molecule has 1 N–H and O–H groups in total. The van der Waals surface area contributed by atoms with Crippen molar-refractivity contribution in [1.29, 1.82) is 0 Å². The number of furan rings is 1. The summed E-state index contributed by atoms with van der Waals surface area (Å²) in [5.74, 6) is 0.234. The first-order chi connectivity index (χ1) is 7.27. The third kappa shape index (κ3) is 2.27. The summed E-state index contributed by atoms with van der Waals surface area (Å²) in [5.41, 5.74) is 0.860. The van der Waals surface area contributed by atoms with Crippen LogP contribution in [0.4, 0.5) is 0 Å². The molecule has 0 aliphatic heterocycles. The molecule has 0 aliphatic carbocycles. The lowest BCUT2D eigenvalue weighted by Gasteiger charge is -2.01. The van der Waals surface area contributed by atoms with E-state index >= 15 is 0 Å². The van der Waals surface area contributed by atoms with E-state index in [9.17, 15) is 4.79 Å². The molecule has 2 heterocycles. The number of hydrogen-bond donors (Lipinski definition) is 1. The molecule has 2 aromatic heterocycles. The largest absolute Gasteiger partial charge is 0.459 e. The van der Waals surface area contributed by atoms with E-state index in [1.165, 1.54) is 6.26 Å². The first-order valence-electron chi connectivity index (χ1n) is 4.62. The van der Waals surface area contributed by atoms with Gasteiger partial charge >= 0.3 is 0 Å². The summed E-state index contributed by atoms with van der Waals surface area (Å²) in [6, 6.07) is 5.73. The Balaban J connectivity index is 1.96. The Hall–Kier alpha value is -1.55. The Kier molecular flexibility index (Phi) is 2.87. The molecule has 0 bridgehead atoms. The Labute approximate surface area is 91.7 Å². The number of nitrogens with one attached hydrogen (secondary N) is 1. The molecule has 3 nitrogen and oxygen atoms in total. The first-order valence-corrected chi connectivity index (χ1v) is 5.50. The SMILES string of the molecule is Cc1ccoc1C(=O)NCc1cccs1. The lowest BCUT2D eigenvalue weighted by Crippen LogP contribution is -2.22. The second kappa shape index (κ2) is 4.31. The van der Waals surface area contributed by atoms with Gasteiger partial charge in [0.15, 0.2) is 5.76 Å². The molecule has 0 radical (unpaired) electrons. The molecule has 0 aromatic carbocycles. The van der Waals surface area contributed by atoms with Gasteiger partial charge in [-0.05, 0) is 24.4 Å².